The Bertz CT molecular complexity index is 762. The van der Waals surface area contributed by atoms with Crippen molar-refractivity contribution >= 4 is 17.7 Å². The lowest BCUT2D eigenvalue weighted by Gasteiger charge is -2.21. The summed E-state index contributed by atoms with van der Waals surface area (Å²) in [6.07, 6.45) is 9.04. The second kappa shape index (κ2) is 8.29. The topological polar surface area (TPSA) is 69.7 Å². The predicted molar refractivity (Wildman–Crippen MR) is 102 cm³/mol. The van der Waals surface area contributed by atoms with E-state index in [4.69, 9.17) is 9.47 Å². The third-order valence-electron chi connectivity index (χ3n) is 6.31. The quantitative estimate of drug-likeness (QED) is 0.571. The summed E-state index contributed by atoms with van der Waals surface area (Å²) in [5, 5.41) is 0. The van der Waals surface area contributed by atoms with Gasteiger partial charge in [-0.25, -0.2) is 4.79 Å². The van der Waals surface area contributed by atoms with E-state index in [2.05, 4.69) is 0 Å². The number of fused-ring (bicyclic) bond motifs is 1. The van der Waals surface area contributed by atoms with Crippen molar-refractivity contribution in [1.82, 2.24) is 0 Å². The molecule has 28 heavy (non-hydrogen) atoms. The van der Waals surface area contributed by atoms with Crippen molar-refractivity contribution in [3.63, 3.8) is 0 Å². The number of rotatable bonds is 5. The van der Waals surface area contributed by atoms with Gasteiger partial charge in [-0.1, -0.05) is 43.5 Å². The minimum Gasteiger partial charge on any atom is -0.462 e. The predicted octanol–water partition coefficient (Wildman–Crippen LogP) is 3.87. The van der Waals surface area contributed by atoms with Crippen molar-refractivity contribution in [2.45, 2.75) is 57.2 Å². The lowest BCUT2D eigenvalue weighted by molar-refractivity contribution is -0.141. The number of carbonyl (C=O) groups excluding carboxylic acids is 3. The molecule has 1 heterocycles. The monoisotopic (exact) mass is 382 g/mol. The molecule has 0 spiro atoms. The van der Waals surface area contributed by atoms with Crippen LogP contribution in [0, 0.1) is 17.8 Å². The van der Waals surface area contributed by atoms with Crippen molar-refractivity contribution in [1.29, 1.82) is 0 Å². The molecule has 1 aromatic rings. The average Bonchev–Trinajstić information content (AvgIpc) is 3.23. The minimum atomic E-state index is -0.383. The summed E-state index contributed by atoms with van der Waals surface area (Å²) in [6, 6.07) is 8.87. The summed E-state index contributed by atoms with van der Waals surface area (Å²) in [5.41, 5.74) is 0.498. The van der Waals surface area contributed by atoms with Crippen LogP contribution in [0.2, 0.25) is 0 Å². The van der Waals surface area contributed by atoms with Crippen molar-refractivity contribution in [2.24, 2.45) is 17.8 Å². The molecule has 148 valence electrons. The molecule has 1 saturated heterocycles. The molecule has 0 radical (unpaired) electrons. The highest BCUT2D eigenvalue weighted by molar-refractivity contribution is 5.92. The fourth-order valence-corrected chi connectivity index (χ4v) is 4.80. The van der Waals surface area contributed by atoms with Gasteiger partial charge in [0.1, 0.15) is 12.2 Å². The first-order chi connectivity index (χ1) is 13.6. The van der Waals surface area contributed by atoms with Crippen LogP contribution in [0.3, 0.4) is 0 Å². The van der Waals surface area contributed by atoms with Gasteiger partial charge in [-0.3, -0.25) is 9.59 Å². The van der Waals surface area contributed by atoms with Crippen LogP contribution in [0.5, 0.6) is 0 Å². The molecule has 3 fully saturated rings. The number of ketones is 1. The Morgan fingerprint density at radius 2 is 1.82 bits per heavy atom. The van der Waals surface area contributed by atoms with Gasteiger partial charge in [0.25, 0.3) is 0 Å². The summed E-state index contributed by atoms with van der Waals surface area (Å²) in [6.45, 7) is 0. The van der Waals surface area contributed by atoms with Crippen molar-refractivity contribution in [3.05, 3.63) is 48.0 Å². The van der Waals surface area contributed by atoms with Crippen LogP contribution in [0.15, 0.2) is 42.5 Å². The van der Waals surface area contributed by atoms with Crippen molar-refractivity contribution in [2.75, 3.05) is 0 Å². The SMILES string of the molecule is O=C1CC2C(CC(OC(=O)c3ccccc3)C2C=CC(=O)C2CCCCC2)O1. The highest BCUT2D eigenvalue weighted by atomic mass is 16.6. The average molecular weight is 382 g/mol. The van der Waals surface area contributed by atoms with E-state index in [9.17, 15) is 14.4 Å². The fraction of sp³-hybridized carbons (Fsp3) is 0.522. The largest absolute Gasteiger partial charge is 0.462 e. The second-order valence-corrected chi connectivity index (χ2v) is 8.12. The molecular formula is C23H26O5. The molecule has 4 rings (SSSR count). The molecule has 5 nitrogen and oxygen atoms in total. The van der Waals surface area contributed by atoms with Crippen LogP contribution in [-0.4, -0.2) is 29.9 Å². The molecule has 2 aliphatic carbocycles. The number of carbonyl (C=O) groups is 3. The van der Waals surface area contributed by atoms with E-state index >= 15 is 0 Å². The smallest absolute Gasteiger partial charge is 0.338 e. The first-order valence-corrected chi connectivity index (χ1v) is 10.3. The molecule has 2 saturated carbocycles. The van der Waals surface area contributed by atoms with E-state index in [1.165, 1.54) is 6.42 Å². The van der Waals surface area contributed by atoms with E-state index in [0.29, 0.717) is 18.4 Å². The van der Waals surface area contributed by atoms with Gasteiger partial charge < -0.3 is 9.47 Å². The Morgan fingerprint density at radius 1 is 1.07 bits per heavy atom. The van der Waals surface area contributed by atoms with Crippen LogP contribution in [0.1, 0.15) is 55.3 Å². The van der Waals surface area contributed by atoms with Gasteiger partial charge in [-0.15, -0.1) is 0 Å². The zero-order chi connectivity index (χ0) is 19.5. The maximum absolute atomic E-state index is 12.6. The summed E-state index contributed by atoms with van der Waals surface area (Å²) in [5.74, 6) is -0.530. The Labute approximate surface area is 165 Å². The van der Waals surface area contributed by atoms with Gasteiger partial charge in [-0.2, -0.15) is 0 Å². The van der Waals surface area contributed by atoms with Crippen LogP contribution in [-0.2, 0) is 19.1 Å². The molecule has 1 aromatic carbocycles. The fourth-order valence-electron chi connectivity index (χ4n) is 4.80. The van der Waals surface area contributed by atoms with Gasteiger partial charge >= 0.3 is 11.9 Å². The third kappa shape index (κ3) is 4.03. The lowest BCUT2D eigenvalue weighted by atomic mass is 9.85. The zero-order valence-corrected chi connectivity index (χ0v) is 15.9. The number of hydrogen-bond donors (Lipinski definition) is 0. The number of ether oxygens (including phenoxy) is 2. The van der Waals surface area contributed by atoms with E-state index in [-0.39, 0.29) is 47.7 Å². The summed E-state index contributed by atoms with van der Waals surface area (Å²) < 4.78 is 11.2. The van der Waals surface area contributed by atoms with Crippen LogP contribution in [0.25, 0.3) is 0 Å². The van der Waals surface area contributed by atoms with E-state index in [1.54, 1.807) is 30.3 Å². The number of hydrogen-bond acceptors (Lipinski definition) is 5. The zero-order valence-electron chi connectivity index (χ0n) is 15.9. The Morgan fingerprint density at radius 3 is 2.57 bits per heavy atom. The summed E-state index contributed by atoms with van der Waals surface area (Å²) >= 11 is 0. The van der Waals surface area contributed by atoms with E-state index in [1.807, 2.05) is 12.1 Å². The number of allylic oxidation sites excluding steroid dienone is 1. The van der Waals surface area contributed by atoms with Crippen LogP contribution < -0.4 is 0 Å². The van der Waals surface area contributed by atoms with Gasteiger partial charge in [0, 0.05) is 24.2 Å². The summed E-state index contributed by atoms with van der Waals surface area (Å²) in [4.78, 5) is 36.8. The molecule has 1 aliphatic heterocycles. The normalized spacial score (nSPS) is 30.2. The Balaban J connectivity index is 1.47. The highest BCUT2D eigenvalue weighted by Crippen LogP contribution is 2.43. The molecular weight excluding hydrogens is 356 g/mol. The molecule has 3 aliphatic rings. The molecule has 4 atom stereocenters. The van der Waals surface area contributed by atoms with E-state index in [0.717, 1.165) is 25.7 Å². The van der Waals surface area contributed by atoms with Crippen LogP contribution in [0.4, 0.5) is 0 Å². The molecule has 0 bridgehead atoms. The van der Waals surface area contributed by atoms with Crippen LogP contribution >= 0.6 is 0 Å². The van der Waals surface area contributed by atoms with Gasteiger partial charge in [0.15, 0.2) is 5.78 Å². The molecule has 0 N–H and O–H groups in total. The number of esters is 2. The number of benzene rings is 1. The van der Waals surface area contributed by atoms with Crippen molar-refractivity contribution < 1.29 is 23.9 Å². The second-order valence-electron chi connectivity index (χ2n) is 8.12. The highest BCUT2D eigenvalue weighted by Gasteiger charge is 2.50. The lowest BCUT2D eigenvalue weighted by Crippen LogP contribution is -2.25. The van der Waals surface area contributed by atoms with Crippen molar-refractivity contribution in [3.8, 4) is 0 Å². The molecule has 5 heteroatoms. The summed E-state index contributed by atoms with van der Waals surface area (Å²) in [7, 11) is 0. The standard InChI is InChI=1S/C23H26O5/c24-19(15-7-3-1-4-8-15)12-11-17-18-13-22(25)27-21(18)14-20(17)28-23(26)16-9-5-2-6-10-16/h2,5-6,9-12,15,17-18,20-21H,1,3-4,7-8,13-14H2. The Hall–Kier alpha value is -2.43. The van der Waals surface area contributed by atoms with Gasteiger partial charge in [0.2, 0.25) is 0 Å². The Kier molecular flexibility index (Phi) is 5.60. The first-order valence-electron chi connectivity index (χ1n) is 10.3. The molecule has 4 unspecified atom stereocenters. The first kappa shape index (κ1) is 18.9. The van der Waals surface area contributed by atoms with Gasteiger partial charge in [0.05, 0.1) is 12.0 Å². The molecule has 0 amide bonds. The van der Waals surface area contributed by atoms with E-state index < -0.39 is 0 Å². The third-order valence-corrected chi connectivity index (χ3v) is 6.31. The maximum Gasteiger partial charge on any atom is 0.338 e. The maximum atomic E-state index is 12.6. The molecule has 0 aromatic heterocycles. The van der Waals surface area contributed by atoms with Gasteiger partial charge in [-0.05, 0) is 31.1 Å². The minimum absolute atomic E-state index is 0.0310.